The smallest absolute Gasteiger partial charge is 0.257 e. The van der Waals surface area contributed by atoms with Crippen LogP contribution in [-0.2, 0) is 0 Å². The number of hydrogen-bond donors (Lipinski definition) is 1. The van der Waals surface area contributed by atoms with E-state index in [2.05, 4.69) is 6.92 Å². The molecule has 1 aliphatic heterocycles. The molecule has 1 heterocycles. The Labute approximate surface area is 120 Å². The number of nitrogens with zero attached hydrogens (tertiary/aromatic N) is 1. The summed E-state index contributed by atoms with van der Waals surface area (Å²) in [7, 11) is 1.59. The van der Waals surface area contributed by atoms with E-state index in [0.717, 1.165) is 25.8 Å². The third kappa shape index (κ3) is 2.96. The van der Waals surface area contributed by atoms with Crippen LogP contribution in [-0.4, -0.2) is 37.0 Å². The molecular weight excluding hydrogens is 252 g/mol. The van der Waals surface area contributed by atoms with Crippen LogP contribution in [0.15, 0.2) is 24.3 Å². The summed E-state index contributed by atoms with van der Waals surface area (Å²) in [5, 5.41) is 0. The van der Waals surface area contributed by atoms with Crippen molar-refractivity contribution < 1.29 is 9.53 Å². The largest absolute Gasteiger partial charge is 0.496 e. The van der Waals surface area contributed by atoms with Crippen LogP contribution in [0.3, 0.4) is 0 Å². The van der Waals surface area contributed by atoms with E-state index in [4.69, 9.17) is 10.5 Å². The standard InChI is InChI=1S/C16H24N2O2/c1-3-12-8-9-18(13(10-12)11-17)16(19)14-6-4-5-7-15(14)20-2/h4-7,12-13H,3,8-11,17H2,1-2H3. The van der Waals surface area contributed by atoms with E-state index in [0.29, 0.717) is 23.8 Å². The van der Waals surface area contributed by atoms with Gasteiger partial charge in [0.15, 0.2) is 0 Å². The van der Waals surface area contributed by atoms with Crippen molar-refractivity contribution in [1.82, 2.24) is 4.90 Å². The Hall–Kier alpha value is -1.55. The maximum Gasteiger partial charge on any atom is 0.257 e. The molecule has 2 N–H and O–H groups in total. The number of amides is 1. The zero-order chi connectivity index (χ0) is 14.5. The molecule has 1 aromatic carbocycles. The number of para-hydroxylation sites is 1. The first-order chi connectivity index (χ1) is 9.71. The Bertz CT molecular complexity index is 462. The number of rotatable bonds is 4. The highest BCUT2D eigenvalue weighted by molar-refractivity contribution is 5.97. The van der Waals surface area contributed by atoms with E-state index in [-0.39, 0.29) is 11.9 Å². The highest BCUT2D eigenvalue weighted by Crippen LogP contribution is 2.28. The minimum atomic E-state index is 0.0347. The molecular formula is C16H24N2O2. The van der Waals surface area contributed by atoms with Crippen LogP contribution in [0.2, 0.25) is 0 Å². The molecule has 1 aromatic rings. The van der Waals surface area contributed by atoms with Crippen LogP contribution < -0.4 is 10.5 Å². The summed E-state index contributed by atoms with van der Waals surface area (Å²) < 4.78 is 5.29. The second kappa shape index (κ2) is 6.75. The van der Waals surface area contributed by atoms with E-state index >= 15 is 0 Å². The fourth-order valence-corrected chi connectivity index (χ4v) is 2.97. The van der Waals surface area contributed by atoms with E-state index < -0.39 is 0 Å². The maximum absolute atomic E-state index is 12.7. The molecule has 20 heavy (non-hydrogen) atoms. The minimum absolute atomic E-state index is 0.0347. The second-order valence-electron chi connectivity index (χ2n) is 5.39. The monoisotopic (exact) mass is 276 g/mol. The first-order valence-electron chi connectivity index (χ1n) is 7.35. The molecule has 2 rings (SSSR count). The van der Waals surface area contributed by atoms with E-state index in [1.54, 1.807) is 7.11 Å². The predicted molar refractivity (Wildman–Crippen MR) is 79.9 cm³/mol. The van der Waals surface area contributed by atoms with Crippen LogP contribution in [0.25, 0.3) is 0 Å². The molecule has 0 spiro atoms. The number of carbonyl (C=O) groups is 1. The normalized spacial score (nSPS) is 22.6. The number of hydrogen-bond acceptors (Lipinski definition) is 3. The van der Waals surface area contributed by atoms with Gasteiger partial charge in [-0.1, -0.05) is 25.5 Å². The van der Waals surface area contributed by atoms with E-state index in [9.17, 15) is 4.79 Å². The van der Waals surface area contributed by atoms with Gasteiger partial charge in [0.05, 0.1) is 12.7 Å². The van der Waals surface area contributed by atoms with Crippen LogP contribution in [0, 0.1) is 5.92 Å². The van der Waals surface area contributed by atoms with Crippen LogP contribution in [0.4, 0.5) is 0 Å². The van der Waals surface area contributed by atoms with Crippen molar-refractivity contribution in [3.8, 4) is 5.75 Å². The summed E-state index contributed by atoms with van der Waals surface area (Å²) in [6.45, 7) is 3.52. The number of methoxy groups -OCH3 is 1. The molecule has 2 unspecified atom stereocenters. The van der Waals surface area contributed by atoms with Crippen molar-refractivity contribution in [2.24, 2.45) is 11.7 Å². The number of carbonyl (C=O) groups excluding carboxylic acids is 1. The molecule has 0 aliphatic carbocycles. The second-order valence-corrected chi connectivity index (χ2v) is 5.39. The lowest BCUT2D eigenvalue weighted by atomic mass is 9.88. The van der Waals surface area contributed by atoms with Crippen molar-refractivity contribution in [3.05, 3.63) is 29.8 Å². The van der Waals surface area contributed by atoms with Crippen LogP contribution in [0.5, 0.6) is 5.75 Å². The van der Waals surface area contributed by atoms with Gasteiger partial charge in [0.1, 0.15) is 5.75 Å². The van der Waals surface area contributed by atoms with Gasteiger partial charge >= 0.3 is 0 Å². The molecule has 0 bridgehead atoms. The number of ether oxygens (including phenoxy) is 1. The SMILES string of the molecule is CCC1CCN(C(=O)c2ccccc2OC)C(CN)C1. The molecule has 4 heteroatoms. The summed E-state index contributed by atoms with van der Waals surface area (Å²) in [5.41, 5.74) is 6.50. The molecule has 0 saturated carbocycles. The Balaban J connectivity index is 2.19. The first kappa shape index (κ1) is 14.9. The summed E-state index contributed by atoms with van der Waals surface area (Å²) >= 11 is 0. The van der Waals surface area contributed by atoms with Gasteiger partial charge in [-0.05, 0) is 30.9 Å². The molecule has 0 aromatic heterocycles. The number of piperidine rings is 1. The molecule has 1 aliphatic rings. The lowest BCUT2D eigenvalue weighted by Gasteiger charge is -2.39. The van der Waals surface area contributed by atoms with Gasteiger partial charge in [-0.15, -0.1) is 0 Å². The van der Waals surface area contributed by atoms with Gasteiger partial charge in [0.2, 0.25) is 0 Å². The molecule has 2 atom stereocenters. The maximum atomic E-state index is 12.7. The summed E-state index contributed by atoms with van der Waals surface area (Å²) in [5.74, 6) is 1.35. The van der Waals surface area contributed by atoms with Crippen molar-refractivity contribution in [3.63, 3.8) is 0 Å². The summed E-state index contributed by atoms with van der Waals surface area (Å²) in [6, 6.07) is 7.53. The Morgan fingerprint density at radius 1 is 1.45 bits per heavy atom. The van der Waals surface area contributed by atoms with Crippen molar-refractivity contribution in [2.45, 2.75) is 32.2 Å². The first-order valence-corrected chi connectivity index (χ1v) is 7.35. The minimum Gasteiger partial charge on any atom is -0.496 e. The quantitative estimate of drug-likeness (QED) is 0.918. The molecule has 1 saturated heterocycles. The number of nitrogens with two attached hydrogens (primary N) is 1. The molecule has 1 fully saturated rings. The lowest BCUT2D eigenvalue weighted by molar-refractivity contribution is 0.0555. The average Bonchev–Trinajstić information content (AvgIpc) is 2.53. The van der Waals surface area contributed by atoms with Crippen molar-refractivity contribution in [1.29, 1.82) is 0 Å². The topological polar surface area (TPSA) is 55.6 Å². The Kier molecular flexibility index (Phi) is 5.01. The molecule has 4 nitrogen and oxygen atoms in total. The highest BCUT2D eigenvalue weighted by atomic mass is 16.5. The zero-order valence-electron chi connectivity index (χ0n) is 12.3. The van der Waals surface area contributed by atoms with E-state index in [1.165, 1.54) is 0 Å². The fraction of sp³-hybridized carbons (Fsp3) is 0.562. The van der Waals surface area contributed by atoms with Gasteiger partial charge in [-0.2, -0.15) is 0 Å². The van der Waals surface area contributed by atoms with Gasteiger partial charge in [0, 0.05) is 19.1 Å². The fourth-order valence-electron chi connectivity index (χ4n) is 2.97. The predicted octanol–water partition coefficient (Wildman–Crippen LogP) is 2.28. The Morgan fingerprint density at radius 2 is 2.20 bits per heavy atom. The third-order valence-corrected chi connectivity index (χ3v) is 4.27. The van der Waals surface area contributed by atoms with Crippen LogP contribution in [0.1, 0.15) is 36.5 Å². The molecule has 110 valence electrons. The Morgan fingerprint density at radius 3 is 2.85 bits per heavy atom. The van der Waals surface area contributed by atoms with Gasteiger partial charge < -0.3 is 15.4 Å². The summed E-state index contributed by atoms with van der Waals surface area (Å²) in [6.07, 6.45) is 3.23. The van der Waals surface area contributed by atoms with Gasteiger partial charge in [-0.25, -0.2) is 0 Å². The number of benzene rings is 1. The van der Waals surface area contributed by atoms with Crippen LogP contribution >= 0.6 is 0 Å². The molecule has 1 amide bonds. The third-order valence-electron chi connectivity index (χ3n) is 4.27. The van der Waals surface area contributed by atoms with Gasteiger partial charge in [-0.3, -0.25) is 4.79 Å². The highest BCUT2D eigenvalue weighted by Gasteiger charge is 2.31. The van der Waals surface area contributed by atoms with E-state index in [1.807, 2.05) is 29.2 Å². The van der Waals surface area contributed by atoms with Crippen molar-refractivity contribution >= 4 is 5.91 Å². The summed E-state index contributed by atoms with van der Waals surface area (Å²) in [4.78, 5) is 14.7. The molecule has 0 radical (unpaired) electrons. The van der Waals surface area contributed by atoms with Gasteiger partial charge in [0.25, 0.3) is 5.91 Å². The number of likely N-dealkylation sites (tertiary alicyclic amines) is 1. The zero-order valence-corrected chi connectivity index (χ0v) is 12.3. The average molecular weight is 276 g/mol. The van der Waals surface area contributed by atoms with Crippen molar-refractivity contribution in [2.75, 3.05) is 20.2 Å². The lowest BCUT2D eigenvalue weighted by Crippen LogP contribution is -2.49.